The Hall–Kier alpha value is -2.24. The summed E-state index contributed by atoms with van der Waals surface area (Å²) in [4.78, 5) is 22.8. The molecule has 2 aliphatic rings. The van der Waals surface area contributed by atoms with Crippen LogP contribution in [0.4, 0.5) is 5.95 Å². The number of benzene rings is 1. The Kier molecular flexibility index (Phi) is 6.52. The van der Waals surface area contributed by atoms with E-state index in [4.69, 9.17) is 42.5 Å². The number of imidazole rings is 1. The fourth-order valence-electron chi connectivity index (χ4n) is 4.41. The predicted molar refractivity (Wildman–Crippen MR) is 129 cm³/mol. The lowest BCUT2D eigenvalue weighted by atomic mass is 10.0. The van der Waals surface area contributed by atoms with E-state index in [9.17, 15) is 14.5 Å². The number of aromatic amines is 1. The van der Waals surface area contributed by atoms with E-state index in [2.05, 4.69) is 21.5 Å². The minimum Gasteiger partial charge on any atom is -0.392 e. The molecule has 1 aliphatic carbocycles. The maximum Gasteiger partial charge on any atom is 0.475 e. The van der Waals surface area contributed by atoms with E-state index in [1.165, 1.54) is 6.33 Å². The largest absolute Gasteiger partial charge is 0.475 e. The van der Waals surface area contributed by atoms with Crippen molar-refractivity contribution in [1.82, 2.24) is 19.5 Å². The van der Waals surface area contributed by atoms with E-state index in [1.54, 1.807) is 22.8 Å². The fraction of sp³-hybridized carbons (Fsp3) is 0.381. The van der Waals surface area contributed by atoms with Gasteiger partial charge in [-0.1, -0.05) is 35.8 Å². The number of phosphoric ester groups is 1. The number of nitrogens with one attached hydrogen (secondary N) is 1. The Morgan fingerprint density at radius 1 is 1.37 bits per heavy atom. The zero-order valence-corrected chi connectivity index (χ0v) is 20.7. The summed E-state index contributed by atoms with van der Waals surface area (Å²) in [5.74, 6) is -0.616. The molecule has 0 unspecified atom stereocenters. The zero-order valence-electron chi connectivity index (χ0n) is 18.3. The van der Waals surface area contributed by atoms with E-state index < -0.39 is 37.5 Å². The van der Waals surface area contributed by atoms with Gasteiger partial charge in [0.05, 0.1) is 47.8 Å². The molecule has 5 atom stereocenters. The lowest BCUT2D eigenvalue weighted by Crippen LogP contribution is -2.22. The first-order valence-electron chi connectivity index (χ1n) is 10.8. The van der Waals surface area contributed by atoms with Crippen LogP contribution < -0.4 is 11.3 Å². The summed E-state index contributed by atoms with van der Waals surface area (Å²) in [7, 11) is -3.92. The highest BCUT2D eigenvalue weighted by atomic mass is 35.5. The zero-order chi connectivity index (χ0) is 24.9. The van der Waals surface area contributed by atoms with Gasteiger partial charge in [0.1, 0.15) is 0 Å². The van der Waals surface area contributed by atoms with Crippen molar-refractivity contribution < 1.29 is 23.2 Å². The molecular weight excluding hydrogens is 520 g/mol. The molecule has 35 heavy (non-hydrogen) atoms. The van der Waals surface area contributed by atoms with Gasteiger partial charge in [-0.05, 0) is 29.7 Å². The van der Waals surface area contributed by atoms with Crippen LogP contribution in [0.2, 0.25) is 10.0 Å². The third-order valence-electron chi connectivity index (χ3n) is 6.23. The lowest BCUT2D eigenvalue weighted by Gasteiger charge is -2.30. The predicted octanol–water partition coefficient (Wildman–Crippen LogP) is 3.79. The average molecular weight is 542 g/mol. The molecule has 186 valence electrons. The molecule has 1 aromatic carbocycles. The number of nitrogen functional groups attached to an aromatic ring is 1. The quantitative estimate of drug-likeness (QED) is 0.323. The van der Waals surface area contributed by atoms with Gasteiger partial charge in [-0.3, -0.25) is 23.3 Å². The number of phosphoric acid groups is 1. The molecule has 0 spiro atoms. The molecular formula is C21H22Cl2N5O6P. The Morgan fingerprint density at radius 3 is 2.94 bits per heavy atom. The fourth-order valence-corrected chi connectivity index (χ4v) is 6.12. The standard InChI is InChI=1S/C21H22Cl2N5O6P/c1-10-12(16(29)7-15(10)28-9-25-18-19(28)26-21(24)27-20(18)30)8-33-35(31)32-5-4-17(34-35)11-2-3-13(22)14(23)6-11/h2-3,6,9,12,15-17,29H,1,4-5,7-8H2,(H3,24,26,27,30)/t12-,15-,16-,17+,35-/m0/s1. The SMILES string of the molecule is C=C1[C@H](CO[P@]2(=O)OCC[C@H](c3ccc(Cl)c(Cl)c3)O2)[C@@H](O)C[C@@H]1n1cnc2c(=O)[nH]c(N)nc21. The summed E-state index contributed by atoms with van der Waals surface area (Å²) in [6.45, 7) is 4.12. The second kappa shape index (κ2) is 9.33. The number of aliphatic hydroxyl groups excluding tert-OH is 1. The van der Waals surface area contributed by atoms with Gasteiger partial charge in [0.15, 0.2) is 11.2 Å². The van der Waals surface area contributed by atoms with Crippen molar-refractivity contribution in [2.24, 2.45) is 5.92 Å². The Morgan fingerprint density at radius 2 is 2.17 bits per heavy atom. The van der Waals surface area contributed by atoms with Gasteiger partial charge in [-0.25, -0.2) is 9.55 Å². The number of anilines is 1. The van der Waals surface area contributed by atoms with Gasteiger partial charge in [-0.2, -0.15) is 4.98 Å². The maximum absolute atomic E-state index is 13.2. The van der Waals surface area contributed by atoms with E-state index in [1.807, 2.05) is 0 Å². The maximum atomic E-state index is 13.2. The molecule has 2 fully saturated rings. The third-order valence-corrected chi connectivity index (χ3v) is 8.45. The van der Waals surface area contributed by atoms with Crippen LogP contribution in [0, 0.1) is 5.92 Å². The van der Waals surface area contributed by atoms with Crippen LogP contribution in [0.3, 0.4) is 0 Å². The lowest BCUT2D eigenvalue weighted by molar-refractivity contribution is 0.0166. The molecule has 4 N–H and O–H groups in total. The van der Waals surface area contributed by atoms with Crippen molar-refractivity contribution in [3.63, 3.8) is 0 Å². The molecule has 0 radical (unpaired) electrons. The van der Waals surface area contributed by atoms with Gasteiger partial charge < -0.3 is 15.4 Å². The number of aromatic nitrogens is 4. The number of H-pyrrole nitrogens is 1. The summed E-state index contributed by atoms with van der Waals surface area (Å²) >= 11 is 12.1. The van der Waals surface area contributed by atoms with Crippen LogP contribution in [0.1, 0.15) is 30.6 Å². The number of fused-ring (bicyclic) bond motifs is 1. The summed E-state index contributed by atoms with van der Waals surface area (Å²) in [5, 5.41) is 11.5. The van der Waals surface area contributed by atoms with Crippen LogP contribution in [-0.4, -0.2) is 43.9 Å². The first kappa shape index (κ1) is 24.5. The average Bonchev–Trinajstić information content (AvgIpc) is 3.34. The molecule has 11 nitrogen and oxygen atoms in total. The van der Waals surface area contributed by atoms with Gasteiger partial charge in [0, 0.05) is 12.3 Å². The van der Waals surface area contributed by atoms with Crippen LogP contribution >= 0.6 is 31.0 Å². The van der Waals surface area contributed by atoms with Crippen LogP contribution in [-0.2, 0) is 18.1 Å². The van der Waals surface area contributed by atoms with Gasteiger partial charge in [0.2, 0.25) is 5.95 Å². The molecule has 14 heteroatoms. The molecule has 3 heterocycles. The van der Waals surface area contributed by atoms with E-state index in [0.717, 1.165) is 0 Å². The molecule has 2 aromatic heterocycles. The van der Waals surface area contributed by atoms with Gasteiger partial charge in [-0.15, -0.1) is 0 Å². The number of hydrogen-bond acceptors (Lipinski definition) is 9. The highest BCUT2D eigenvalue weighted by Gasteiger charge is 2.42. The molecule has 0 amide bonds. The number of hydrogen-bond donors (Lipinski definition) is 3. The van der Waals surface area contributed by atoms with Crippen LogP contribution in [0.25, 0.3) is 11.2 Å². The van der Waals surface area contributed by atoms with Gasteiger partial charge in [0.25, 0.3) is 5.56 Å². The number of rotatable bonds is 5. The molecule has 5 rings (SSSR count). The Labute approximate surface area is 209 Å². The van der Waals surface area contributed by atoms with Crippen molar-refractivity contribution in [1.29, 1.82) is 0 Å². The number of nitrogens with zero attached hydrogens (tertiary/aromatic N) is 3. The second-order valence-corrected chi connectivity index (χ2v) is 10.8. The van der Waals surface area contributed by atoms with Crippen LogP contribution in [0.5, 0.6) is 0 Å². The van der Waals surface area contributed by atoms with Crippen molar-refractivity contribution in [2.45, 2.75) is 31.1 Å². The number of aliphatic hydroxyl groups is 1. The van der Waals surface area contributed by atoms with Crippen molar-refractivity contribution >= 4 is 48.1 Å². The highest BCUT2D eigenvalue weighted by molar-refractivity contribution is 7.48. The first-order valence-corrected chi connectivity index (χ1v) is 13.0. The highest BCUT2D eigenvalue weighted by Crippen LogP contribution is 2.58. The first-order chi connectivity index (χ1) is 16.6. The number of nitrogens with two attached hydrogens (primary N) is 1. The summed E-state index contributed by atoms with van der Waals surface area (Å²) in [6, 6.07) is 4.61. The second-order valence-electron chi connectivity index (χ2n) is 8.41. The van der Waals surface area contributed by atoms with E-state index in [0.29, 0.717) is 27.6 Å². The molecule has 1 aliphatic heterocycles. The number of halogens is 2. The summed E-state index contributed by atoms with van der Waals surface area (Å²) < 4.78 is 31.5. The van der Waals surface area contributed by atoms with E-state index in [-0.39, 0.29) is 36.7 Å². The van der Waals surface area contributed by atoms with Gasteiger partial charge >= 0.3 is 7.82 Å². The van der Waals surface area contributed by atoms with Crippen molar-refractivity contribution in [3.05, 3.63) is 62.6 Å². The normalized spacial score (nSPS) is 29.2. The summed E-state index contributed by atoms with van der Waals surface area (Å²) in [6.07, 6.45) is 0.766. The topological polar surface area (TPSA) is 155 Å². The molecule has 1 saturated carbocycles. The smallest absolute Gasteiger partial charge is 0.392 e. The van der Waals surface area contributed by atoms with E-state index >= 15 is 0 Å². The molecule has 3 aromatic rings. The molecule has 0 bridgehead atoms. The van der Waals surface area contributed by atoms with Crippen LogP contribution in [0.15, 0.2) is 41.5 Å². The van der Waals surface area contributed by atoms with Crippen molar-refractivity contribution in [2.75, 3.05) is 18.9 Å². The third kappa shape index (κ3) is 4.65. The minimum absolute atomic E-state index is 0.0467. The summed E-state index contributed by atoms with van der Waals surface area (Å²) in [5.41, 5.74) is 6.93. The minimum atomic E-state index is -3.92. The Bertz CT molecular complexity index is 1410. The Balaban J connectivity index is 1.30. The molecule has 1 saturated heterocycles. The monoisotopic (exact) mass is 541 g/mol. The van der Waals surface area contributed by atoms with Crippen molar-refractivity contribution in [3.8, 4) is 0 Å².